The van der Waals surface area contributed by atoms with Gasteiger partial charge >= 0.3 is 6.03 Å². The van der Waals surface area contributed by atoms with E-state index in [4.69, 9.17) is 0 Å². The van der Waals surface area contributed by atoms with Crippen LogP contribution in [0.1, 0.15) is 29.5 Å². The van der Waals surface area contributed by atoms with Crippen molar-refractivity contribution in [2.24, 2.45) is 0 Å². The van der Waals surface area contributed by atoms with Crippen LogP contribution in [0.4, 0.5) is 4.79 Å². The van der Waals surface area contributed by atoms with Gasteiger partial charge in [-0.3, -0.25) is 14.6 Å². The molecule has 28 heavy (non-hydrogen) atoms. The van der Waals surface area contributed by atoms with Gasteiger partial charge in [0, 0.05) is 38.6 Å². The van der Waals surface area contributed by atoms with Crippen LogP contribution in [-0.2, 0) is 24.3 Å². The Kier molecular flexibility index (Phi) is 4.40. The van der Waals surface area contributed by atoms with Crippen LogP contribution in [0, 0.1) is 0 Å². The number of rotatable bonds is 3. The number of hydrogen-bond acceptors (Lipinski definition) is 3. The van der Waals surface area contributed by atoms with Crippen molar-refractivity contribution >= 4 is 11.9 Å². The molecule has 5 nitrogen and oxygen atoms in total. The highest BCUT2D eigenvalue weighted by Crippen LogP contribution is 2.33. The molecule has 0 saturated carbocycles. The molecule has 2 saturated heterocycles. The van der Waals surface area contributed by atoms with Crippen molar-refractivity contribution in [3.63, 3.8) is 0 Å². The Morgan fingerprint density at radius 1 is 0.857 bits per heavy atom. The summed E-state index contributed by atoms with van der Waals surface area (Å²) >= 11 is 0. The summed E-state index contributed by atoms with van der Waals surface area (Å²) in [5, 5.41) is 0. The summed E-state index contributed by atoms with van der Waals surface area (Å²) < 4.78 is 0. The summed E-state index contributed by atoms with van der Waals surface area (Å²) in [6.45, 7) is 3.32. The van der Waals surface area contributed by atoms with Gasteiger partial charge in [-0.25, -0.2) is 4.79 Å². The second-order valence-electron chi connectivity index (χ2n) is 8.10. The van der Waals surface area contributed by atoms with Gasteiger partial charge in [0.15, 0.2) is 0 Å². The first-order chi connectivity index (χ1) is 13.7. The van der Waals surface area contributed by atoms with Crippen molar-refractivity contribution in [2.45, 2.75) is 44.4 Å². The molecule has 2 fully saturated rings. The van der Waals surface area contributed by atoms with E-state index in [1.807, 2.05) is 18.2 Å². The van der Waals surface area contributed by atoms with Crippen molar-refractivity contribution < 1.29 is 9.59 Å². The number of fused-ring (bicyclic) bond motifs is 2. The summed E-state index contributed by atoms with van der Waals surface area (Å²) in [5.41, 5.74) is 3.67. The zero-order valence-electron chi connectivity index (χ0n) is 16.0. The van der Waals surface area contributed by atoms with Gasteiger partial charge < -0.3 is 4.90 Å². The van der Waals surface area contributed by atoms with Crippen molar-refractivity contribution in [3.8, 4) is 0 Å². The Morgan fingerprint density at radius 2 is 1.54 bits per heavy atom. The summed E-state index contributed by atoms with van der Waals surface area (Å²) in [6.07, 6.45) is 2.36. The number of nitrogens with zero attached hydrogens (tertiary/aromatic N) is 3. The third-order valence-corrected chi connectivity index (χ3v) is 6.39. The fourth-order valence-corrected chi connectivity index (χ4v) is 4.85. The summed E-state index contributed by atoms with van der Waals surface area (Å²) in [4.78, 5) is 31.9. The van der Waals surface area contributed by atoms with E-state index in [9.17, 15) is 9.59 Å². The molecule has 0 spiro atoms. The molecule has 0 aliphatic carbocycles. The average molecular weight is 375 g/mol. The topological polar surface area (TPSA) is 43.9 Å². The van der Waals surface area contributed by atoms with Crippen molar-refractivity contribution in [1.29, 1.82) is 0 Å². The second kappa shape index (κ2) is 7.06. The van der Waals surface area contributed by atoms with E-state index in [-0.39, 0.29) is 24.0 Å². The van der Waals surface area contributed by atoms with Crippen LogP contribution in [0.2, 0.25) is 0 Å². The number of imide groups is 1. The summed E-state index contributed by atoms with van der Waals surface area (Å²) in [6, 6.07) is 18.2. The SMILES string of the molecule is O=C1[C@@H]2Cc3ccccc3CN2C(=O)N1C1CCN(Cc2ccccc2)CC1. The van der Waals surface area contributed by atoms with Gasteiger partial charge in [0.25, 0.3) is 5.91 Å². The van der Waals surface area contributed by atoms with Gasteiger partial charge in [0.1, 0.15) is 6.04 Å². The van der Waals surface area contributed by atoms with Crippen LogP contribution in [0.3, 0.4) is 0 Å². The standard InChI is InChI=1S/C23H25N3O2/c27-22-21-14-18-8-4-5-9-19(18)16-25(21)23(28)26(22)20-10-12-24(13-11-20)15-17-6-2-1-3-7-17/h1-9,20-21H,10-16H2/t21-/m0/s1. The van der Waals surface area contributed by atoms with Gasteiger partial charge in [-0.05, 0) is 29.5 Å². The third kappa shape index (κ3) is 3.00. The van der Waals surface area contributed by atoms with Crippen LogP contribution < -0.4 is 0 Å². The fraction of sp³-hybridized carbons (Fsp3) is 0.391. The maximum absolute atomic E-state index is 13.1. The molecule has 0 radical (unpaired) electrons. The molecule has 2 aromatic rings. The molecule has 3 aliphatic heterocycles. The second-order valence-corrected chi connectivity index (χ2v) is 8.10. The lowest BCUT2D eigenvalue weighted by atomic mass is 9.94. The van der Waals surface area contributed by atoms with Gasteiger partial charge in [-0.2, -0.15) is 0 Å². The monoisotopic (exact) mass is 375 g/mol. The highest BCUT2D eigenvalue weighted by Gasteiger charge is 2.49. The lowest BCUT2D eigenvalue weighted by Gasteiger charge is -2.35. The highest BCUT2D eigenvalue weighted by molar-refractivity contribution is 6.05. The normalized spacial score (nSPS) is 23.1. The first kappa shape index (κ1) is 17.4. The fourth-order valence-electron chi connectivity index (χ4n) is 4.85. The molecule has 0 unspecified atom stereocenters. The van der Waals surface area contributed by atoms with Gasteiger partial charge in [-0.1, -0.05) is 54.6 Å². The van der Waals surface area contributed by atoms with Gasteiger partial charge in [0.2, 0.25) is 0 Å². The van der Waals surface area contributed by atoms with Crippen LogP contribution in [-0.4, -0.2) is 51.8 Å². The minimum absolute atomic E-state index is 0.000937. The van der Waals surface area contributed by atoms with Crippen LogP contribution in [0.25, 0.3) is 0 Å². The van der Waals surface area contributed by atoms with Gasteiger partial charge in [-0.15, -0.1) is 0 Å². The number of amides is 3. The predicted octanol–water partition coefficient (Wildman–Crippen LogP) is 3.04. The number of piperidine rings is 1. The quantitative estimate of drug-likeness (QED) is 0.775. The van der Waals surface area contributed by atoms with E-state index in [0.29, 0.717) is 13.0 Å². The third-order valence-electron chi connectivity index (χ3n) is 6.39. The lowest BCUT2D eigenvalue weighted by molar-refractivity contribution is -0.130. The van der Waals surface area contributed by atoms with Crippen LogP contribution >= 0.6 is 0 Å². The highest BCUT2D eigenvalue weighted by atomic mass is 16.2. The van der Waals surface area contributed by atoms with Crippen molar-refractivity contribution in [1.82, 2.24) is 14.7 Å². The molecule has 3 aliphatic rings. The molecule has 5 heteroatoms. The Hall–Kier alpha value is -2.66. The molecule has 144 valence electrons. The number of carbonyl (C=O) groups excluding carboxylic acids is 2. The Labute approximate surface area is 165 Å². The Bertz CT molecular complexity index is 847. The molecule has 3 amide bonds. The number of carbonyl (C=O) groups is 2. The molecule has 1 atom stereocenters. The van der Waals surface area contributed by atoms with E-state index in [1.165, 1.54) is 16.7 Å². The molecule has 0 N–H and O–H groups in total. The number of benzene rings is 2. The maximum Gasteiger partial charge on any atom is 0.328 e. The minimum atomic E-state index is -0.315. The molecule has 5 rings (SSSR count). The summed E-state index contributed by atoms with van der Waals surface area (Å²) in [5.74, 6) is 0.000937. The average Bonchev–Trinajstić information content (AvgIpc) is 2.98. The van der Waals surface area contributed by atoms with E-state index in [0.717, 1.165) is 32.5 Å². The van der Waals surface area contributed by atoms with Crippen LogP contribution in [0.5, 0.6) is 0 Å². The van der Waals surface area contributed by atoms with E-state index >= 15 is 0 Å². The smallest absolute Gasteiger partial charge is 0.308 e. The first-order valence-electron chi connectivity index (χ1n) is 10.2. The Morgan fingerprint density at radius 3 is 2.29 bits per heavy atom. The van der Waals surface area contributed by atoms with Gasteiger partial charge in [0.05, 0.1) is 0 Å². The molecule has 0 aromatic heterocycles. The zero-order valence-corrected chi connectivity index (χ0v) is 16.0. The number of urea groups is 1. The van der Waals surface area contributed by atoms with Crippen LogP contribution in [0.15, 0.2) is 54.6 Å². The molecule has 3 heterocycles. The van der Waals surface area contributed by atoms with E-state index < -0.39 is 0 Å². The Balaban J connectivity index is 1.26. The zero-order chi connectivity index (χ0) is 19.1. The molecule has 2 aromatic carbocycles. The summed E-state index contributed by atoms with van der Waals surface area (Å²) in [7, 11) is 0. The van der Waals surface area contributed by atoms with E-state index in [2.05, 4.69) is 41.3 Å². The lowest BCUT2D eigenvalue weighted by Crippen LogP contribution is -2.47. The maximum atomic E-state index is 13.1. The predicted molar refractivity (Wildman–Crippen MR) is 106 cm³/mol. The van der Waals surface area contributed by atoms with Crippen molar-refractivity contribution in [2.75, 3.05) is 13.1 Å². The van der Waals surface area contributed by atoms with Crippen molar-refractivity contribution in [3.05, 3.63) is 71.3 Å². The largest absolute Gasteiger partial charge is 0.328 e. The number of likely N-dealkylation sites (tertiary alicyclic amines) is 1. The molecule has 0 bridgehead atoms. The minimum Gasteiger partial charge on any atom is -0.308 e. The first-order valence-corrected chi connectivity index (χ1v) is 10.2. The molecular weight excluding hydrogens is 350 g/mol. The molecular formula is C23H25N3O2. The number of hydrogen-bond donors (Lipinski definition) is 0. The van der Waals surface area contributed by atoms with E-state index in [1.54, 1.807) is 9.80 Å².